The largest absolute Gasteiger partial charge is 0.480 e. The topological polar surface area (TPSA) is 191 Å². The van der Waals surface area contributed by atoms with E-state index in [0.717, 1.165) is 0 Å². The van der Waals surface area contributed by atoms with Crippen LogP contribution in [0.5, 0.6) is 0 Å². The Hall–Kier alpha value is -3.11. The van der Waals surface area contributed by atoms with Crippen LogP contribution in [0.4, 0.5) is 11.4 Å². The molecule has 0 saturated heterocycles. The van der Waals surface area contributed by atoms with Crippen molar-refractivity contribution < 1.29 is 37.8 Å². The Labute approximate surface area is 247 Å². The van der Waals surface area contributed by atoms with Gasteiger partial charge in [0.2, 0.25) is 21.7 Å². The molecule has 0 bridgehead atoms. The number of hydrogen-bond donors (Lipinski definition) is 6. The number of thioether (sulfide) groups is 2. The molecular formula is C26H34N4O8S3. The molecule has 0 heterocycles. The van der Waals surface area contributed by atoms with Crippen LogP contribution < -0.4 is 21.3 Å². The first-order valence-electron chi connectivity index (χ1n) is 12.4. The van der Waals surface area contributed by atoms with Crippen LogP contribution in [-0.2, 0) is 29.0 Å². The molecular weight excluding hydrogens is 593 g/mol. The van der Waals surface area contributed by atoms with Crippen molar-refractivity contribution in [2.24, 2.45) is 0 Å². The summed E-state index contributed by atoms with van der Waals surface area (Å²) in [7, 11) is -3.89. The third-order valence-electron chi connectivity index (χ3n) is 5.73. The highest BCUT2D eigenvalue weighted by Gasteiger charge is 2.20. The quantitative estimate of drug-likeness (QED) is 0.141. The van der Waals surface area contributed by atoms with Crippen molar-refractivity contribution in [1.29, 1.82) is 0 Å². The van der Waals surface area contributed by atoms with E-state index in [-0.39, 0.29) is 22.9 Å². The second-order valence-corrected chi connectivity index (χ2v) is 12.7. The standard InChI is InChI=1S/C26H34N4O8S3/c1-39-13-11-21(25(33)34)27-15-23(31)29-17-3-7-19(8-4-17)41(37,38)20-9-5-18(6-10-20)30-24(32)16-28-22(26(35)36)12-14-40-2/h3-10,21-22,27-28H,11-16H2,1-2H3,(H,29,31)(H,30,32)(H,33,34)(H,35,36)/t21-,22-/m0/s1. The Bertz CT molecular complexity index is 1200. The lowest BCUT2D eigenvalue weighted by molar-refractivity contribution is -0.140. The molecule has 0 aliphatic heterocycles. The van der Waals surface area contributed by atoms with E-state index in [4.69, 9.17) is 0 Å². The van der Waals surface area contributed by atoms with E-state index in [2.05, 4.69) is 21.3 Å². The minimum absolute atomic E-state index is 0.0115. The van der Waals surface area contributed by atoms with Gasteiger partial charge >= 0.3 is 11.9 Å². The van der Waals surface area contributed by atoms with Gasteiger partial charge in [0.15, 0.2) is 0 Å². The summed E-state index contributed by atoms with van der Waals surface area (Å²) in [5.74, 6) is -1.77. The number of benzene rings is 2. The van der Waals surface area contributed by atoms with Crippen molar-refractivity contribution >= 4 is 68.5 Å². The molecule has 224 valence electrons. The van der Waals surface area contributed by atoms with Gasteiger partial charge in [-0.15, -0.1) is 0 Å². The molecule has 0 unspecified atom stereocenters. The number of carbonyl (C=O) groups excluding carboxylic acids is 2. The van der Waals surface area contributed by atoms with E-state index in [0.29, 0.717) is 35.7 Å². The van der Waals surface area contributed by atoms with E-state index < -0.39 is 45.7 Å². The van der Waals surface area contributed by atoms with Crippen molar-refractivity contribution in [1.82, 2.24) is 10.6 Å². The molecule has 0 fully saturated rings. The maximum Gasteiger partial charge on any atom is 0.320 e. The first-order chi connectivity index (χ1) is 19.5. The van der Waals surface area contributed by atoms with Crippen LogP contribution in [0.3, 0.4) is 0 Å². The summed E-state index contributed by atoms with van der Waals surface area (Å²) in [6.45, 7) is -0.439. The maximum atomic E-state index is 13.0. The molecule has 2 amide bonds. The number of amides is 2. The van der Waals surface area contributed by atoms with Gasteiger partial charge in [0.1, 0.15) is 12.1 Å². The third-order valence-corrected chi connectivity index (χ3v) is 8.81. The monoisotopic (exact) mass is 626 g/mol. The Morgan fingerprint density at radius 2 is 1.02 bits per heavy atom. The Morgan fingerprint density at radius 1 is 0.683 bits per heavy atom. The lowest BCUT2D eigenvalue weighted by Gasteiger charge is -2.14. The van der Waals surface area contributed by atoms with Crippen LogP contribution in [0.25, 0.3) is 0 Å². The molecule has 15 heteroatoms. The molecule has 12 nitrogen and oxygen atoms in total. The second-order valence-electron chi connectivity index (χ2n) is 8.75. The van der Waals surface area contributed by atoms with Crippen LogP contribution in [0.15, 0.2) is 58.3 Å². The molecule has 2 aromatic rings. The number of anilines is 2. The number of rotatable bonds is 18. The predicted octanol–water partition coefficient (Wildman–Crippen LogP) is 1.99. The van der Waals surface area contributed by atoms with E-state index >= 15 is 0 Å². The number of carboxylic acids is 2. The zero-order chi connectivity index (χ0) is 30.4. The highest BCUT2D eigenvalue weighted by atomic mass is 32.2. The fourth-order valence-electron chi connectivity index (χ4n) is 3.51. The van der Waals surface area contributed by atoms with Gasteiger partial charge < -0.3 is 20.8 Å². The Morgan fingerprint density at radius 3 is 1.32 bits per heavy atom. The van der Waals surface area contributed by atoms with E-state index in [9.17, 15) is 37.8 Å². The smallest absolute Gasteiger partial charge is 0.320 e. The van der Waals surface area contributed by atoms with Crippen LogP contribution in [0, 0.1) is 0 Å². The first-order valence-corrected chi connectivity index (χ1v) is 16.7. The summed E-state index contributed by atoms with van der Waals surface area (Å²) >= 11 is 3.01. The van der Waals surface area contributed by atoms with Crippen molar-refractivity contribution in [2.75, 3.05) is 47.7 Å². The van der Waals surface area contributed by atoms with Crippen LogP contribution >= 0.6 is 23.5 Å². The molecule has 0 spiro atoms. The number of aliphatic carboxylic acids is 2. The van der Waals surface area contributed by atoms with Crippen LogP contribution in [0.1, 0.15) is 12.8 Å². The van der Waals surface area contributed by atoms with Gasteiger partial charge in [-0.05, 0) is 85.4 Å². The molecule has 2 rings (SSSR count). The molecule has 0 aromatic heterocycles. The SMILES string of the molecule is CSCC[C@H](NCC(=O)Nc1ccc(S(=O)(=O)c2ccc(NC(=O)CN[C@@H](CCSC)C(=O)O)cc2)cc1)C(=O)O. The van der Waals surface area contributed by atoms with Crippen molar-refractivity contribution in [3.8, 4) is 0 Å². The van der Waals surface area contributed by atoms with Crippen molar-refractivity contribution in [3.05, 3.63) is 48.5 Å². The minimum atomic E-state index is -3.89. The summed E-state index contributed by atoms with van der Waals surface area (Å²) in [6.07, 6.45) is 4.46. The van der Waals surface area contributed by atoms with Gasteiger partial charge in [0.25, 0.3) is 0 Å². The zero-order valence-electron chi connectivity index (χ0n) is 22.6. The van der Waals surface area contributed by atoms with E-state index in [1.807, 2.05) is 12.5 Å². The molecule has 0 aliphatic carbocycles. The molecule has 6 N–H and O–H groups in total. The summed E-state index contributed by atoms with van der Waals surface area (Å²) < 4.78 is 26.1. The molecule has 0 saturated carbocycles. The van der Waals surface area contributed by atoms with Gasteiger partial charge in [-0.2, -0.15) is 23.5 Å². The van der Waals surface area contributed by atoms with Gasteiger partial charge in [0.05, 0.1) is 22.9 Å². The van der Waals surface area contributed by atoms with E-state index in [1.165, 1.54) is 72.1 Å². The Balaban J connectivity index is 1.94. The molecule has 2 aromatic carbocycles. The van der Waals surface area contributed by atoms with Crippen LogP contribution in [0.2, 0.25) is 0 Å². The fourth-order valence-corrected chi connectivity index (χ4v) is 5.71. The highest BCUT2D eigenvalue weighted by Crippen LogP contribution is 2.24. The molecule has 0 aliphatic rings. The van der Waals surface area contributed by atoms with Gasteiger partial charge in [0, 0.05) is 11.4 Å². The number of nitrogens with one attached hydrogen (secondary N) is 4. The van der Waals surface area contributed by atoms with Crippen molar-refractivity contribution in [3.63, 3.8) is 0 Å². The van der Waals surface area contributed by atoms with Crippen LogP contribution in [-0.4, -0.2) is 91.6 Å². The highest BCUT2D eigenvalue weighted by molar-refractivity contribution is 7.98. The summed E-state index contributed by atoms with van der Waals surface area (Å²) in [4.78, 5) is 47.0. The second kappa shape index (κ2) is 17.0. The lowest BCUT2D eigenvalue weighted by Crippen LogP contribution is -2.41. The molecule has 2 atom stereocenters. The number of carbonyl (C=O) groups is 4. The van der Waals surface area contributed by atoms with Gasteiger partial charge in [-0.1, -0.05) is 0 Å². The normalized spacial score (nSPS) is 12.7. The maximum absolute atomic E-state index is 13.0. The predicted molar refractivity (Wildman–Crippen MR) is 160 cm³/mol. The number of carboxylic acid groups (broad SMARTS) is 2. The third kappa shape index (κ3) is 11.4. The average molecular weight is 627 g/mol. The molecule has 41 heavy (non-hydrogen) atoms. The lowest BCUT2D eigenvalue weighted by atomic mass is 10.2. The Kier molecular flexibility index (Phi) is 14.1. The summed E-state index contributed by atoms with van der Waals surface area (Å²) in [5, 5.41) is 29.1. The van der Waals surface area contributed by atoms with E-state index in [1.54, 1.807) is 0 Å². The number of sulfone groups is 1. The van der Waals surface area contributed by atoms with Gasteiger partial charge in [-0.25, -0.2) is 8.42 Å². The first kappa shape index (κ1) is 34.1. The minimum Gasteiger partial charge on any atom is -0.480 e. The number of hydrogen-bond acceptors (Lipinski definition) is 10. The molecule has 0 radical (unpaired) electrons. The summed E-state index contributed by atoms with van der Waals surface area (Å²) in [6, 6.07) is 9.38. The fraction of sp³-hybridized carbons (Fsp3) is 0.385. The average Bonchev–Trinajstić information content (AvgIpc) is 2.93. The van der Waals surface area contributed by atoms with Crippen molar-refractivity contribution in [2.45, 2.75) is 34.7 Å². The summed E-state index contributed by atoms with van der Waals surface area (Å²) in [5.41, 5.74) is 0.689. The van der Waals surface area contributed by atoms with Gasteiger partial charge in [-0.3, -0.25) is 29.8 Å². The zero-order valence-corrected chi connectivity index (χ0v) is 25.0.